The number of benzene rings is 1. The van der Waals surface area contributed by atoms with E-state index in [0.29, 0.717) is 18.2 Å². The van der Waals surface area contributed by atoms with Crippen LogP contribution in [0.5, 0.6) is 0 Å². The highest BCUT2D eigenvalue weighted by atomic mass is 19.4. The maximum absolute atomic E-state index is 13.1. The molecule has 0 heterocycles. The minimum Gasteiger partial charge on any atom is -0.481 e. The van der Waals surface area contributed by atoms with E-state index in [9.17, 15) is 35.5 Å². The lowest BCUT2D eigenvalue weighted by Crippen LogP contribution is -2.29. The third-order valence-corrected chi connectivity index (χ3v) is 3.24. The maximum atomic E-state index is 13.1. The number of alkyl halides is 6. The van der Waals surface area contributed by atoms with Gasteiger partial charge in [0.05, 0.1) is 17.9 Å². The molecule has 0 amide bonds. The zero-order valence-electron chi connectivity index (χ0n) is 12.1. The fraction of sp³-hybridized carbons (Fsp3) is 0.500. The van der Waals surface area contributed by atoms with Gasteiger partial charge in [0.15, 0.2) is 0 Å². The monoisotopic (exact) mass is 361 g/mol. The first-order chi connectivity index (χ1) is 10.9. The van der Waals surface area contributed by atoms with Crippen LogP contribution in [-0.2, 0) is 17.5 Å². The van der Waals surface area contributed by atoms with E-state index < -0.39 is 60.6 Å². The van der Waals surface area contributed by atoms with Crippen molar-refractivity contribution in [2.45, 2.75) is 31.7 Å². The van der Waals surface area contributed by atoms with Crippen molar-refractivity contribution in [2.75, 3.05) is 6.54 Å². The Morgan fingerprint density at radius 2 is 1.79 bits per heavy atom. The Morgan fingerprint density at radius 1 is 1.17 bits per heavy atom. The summed E-state index contributed by atoms with van der Waals surface area (Å²) in [5.74, 6) is -4.64. The summed E-state index contributed by atoms with van der Waals surface area (Å²) in [4.78, 5) is 10.4. The van der Waals surface area contributed by atoms with Crippen LogP contribution in [0.2, 0.25) is 0 Å². The number of hydrogen-bond acceptors (Lipinski definition) is 2. The van der Waals surface area contributed by atoms with Gasteiger partial charge in [0.25, 0.3) is 0 Å². The van der Waals surface area contributed by atoms with Crippen molar-refractivity contribution in [3.05, 3.63) is 35.1 Å². The molecule has 1 unspecified atom stereocenters. The van der Waals surface area contributed by atoms with Crippen LogP contribution in [0.15, 0.2) is 18.2 Å². The van der Waals surface area contributed by atoms with E-state index in [1.54, 1.807) is 0 Å². The summed E-state index contributed by atoms with van der Waals surface area (Å²) >= 11 is 0. The van der Waals surface area contributed by atoms with E-state index in [0.717, 1.165) is 0 Å². The van der Waals surface area contributed by atoms with Gasteiger partial charge in [-0.1, -0.05) is 0 Å². The molecular weight excluding hydrogens is 347 g/mol. The molecule has 1 aromatic carbocycles. The molecule has 0 fully saturated rings. The quantitative estimate of drug-likeness (QED) is 0.571. The molecule has 10 heteroatoms. The fourth-order valence-corrected chi connectivity index (χ4v) is 2.08. The van der Waals surface area contributed by atoms with Gasteiger partial charge in [-0.15, -0.1) is 0 Å². The van der Waals surface area contributed by atoms with Crippen LogP contribution in [0.1, 0.15) is 24.0 Å². The average molecular weight is 361 g/mol. The van der Waals surface area contributed by atoms with E-state index in [2.05, 4.69) is 5.32 Å². The summed E-state index contributed by atoms with van der Waals surface area (Å²) in [6.07, 6.45) is -11.2. The first-order valence-corrected chi connectivity index (χ1v) is 6.76. The van der Waals surface area contributed by atoms with Crippen molar-refractivity contribution in [3.63, 3.8) is 0 Å². The van der Waals surface area contributed by atoms with Crippen LogP contribution >= 0.6 is 0 Å². The molecule has 0 aliphatic carbocycles. The van der Waals surface area contributed by atoms with Crippen molar-refractivity contribution in [1.29, 1.82) is 0 Å². The van der Waals surface area contributed by atoms with Gasteiger partial charge in [0.2, 0.25) is 0 Å². The lowest BCUT2D eigenvalue weighted by molar-refractivity contribution is -0.184. The number of carboxylic acid groups (broad SMARTS) is 1. The van der Waals surface area contributed by atoms with Gasteiger partial charge in [-0.3, -0.25) is 4.79 Å². The largest absolute Gasteiger partial charge is 0.481 e. The van der Waals surface area contributed by atoms with Gasteiger partial charge < -0.3 is 10.4 Å². The van der Waals surface area contributed by atoms with Gasteiger partial charge in [0.1, 0.15) is 5.82 Å². The van der Waals surface area contributed by atoms with E-state index >= 15 is 0 Å². The smallest absolute Gasteiger partial charge is 0.416 e. The Bertz CT molecular complexity index is 569. The average Bonchev–Trinajstić information content (AvgIpc) is 2.39. The van der Waals surface area contributed by atoms with Crippen LogP contribution < -0.4 is 5.32 Å². The lowest BCUT2D eigenvalue weighted by atomic mass is 10.0. The third-order valence-electron chi connectivity index (χ3n) is 3.24. The van der Waals surface area contributed by atoms with Gasteiger partial charge in [-0.05, 0) is 36.7 Å². The van der Waals surface area contributed by atoms with Crippen molar-refractivity contribution in [2.24, 2.45) is 5.92 Å². The number of carboxylic acids is 1. The molecule has 1 aromatic rings. The second-order valence-electron chi connectivity index (χ2n) is 5.10. The molecule has 0 aliphatic heterocycles. The Kier molecular flexibility index (Phi) is 6.58. The summed E-state index contributed by atoms with van der Waals surface area (Å²) in [5.41, 5.74) is -1.53. The first kappa shape index (κ1) is 20.2. The molecule has 0 spiro atoms. The van der Waals surface area contributed by atoms with Gasteiger partial charge >= 0.3 is 18.3 Å². The van der Waals surface area contributed by atoms with E-state index in [1.807, 2.05) is 0 Å². The fourth-order valence-electron chi connectivity index (χ4n) is 2.08. The van der Waals surface area contributed by atoms with E-state index in [-0.39, 0.29) is 6.54 Å². The number of nitrogens with one attached hydrogen (secondary N) is 1. The highest BCUT2D eigenvalue weighted by Gasteiger charge is 2.40. The molecule has 3 nitrogen and oxygen atoms in total. The zero-order chi connectivity index (χ0) is 18.5. The second kappa shape index (κ2) is 7.82. The summed E-state index contributed by atoms with van der Waals surface area (Å²) in [6, 6.07) is 1.84. The normalized spacial score (nSPS) is 13.8. The molecule has 1 atom stereocenters. The van der Waals surface area contributed by atoms with Crippen LogP contribution in [-0.4, -0.2) is 23.8 Å². The third kappa shape index (κ3) is 6.34. The highest BCUT2D eigenvalue weighted by molar-refractivity contribution is 5.67. The molecule has 136 valence electrons. The number of halogens is 7. The predicted molar refractivity (Wildman–Crippen MR) is 69.5 cm³/mol. The summed E-state index contributed by atoms with van der Waals surface area (Å²) in [6.45, 7) is -0.866. The number of aliphatic carboxylic acids is 1. The van der Waals surface area contributed by atoms with Crippen LogP contribution in [0, 0.1) is 11.7 Å². The molecule has 1 rings (SSSR count). The van der Waals surface area contributed by atoms with Gasteiger partial charge in [-0.25, -0.2) is 4.39 Å². The number of carbonyl (C=O) groups is 1. The van der Waals surface area contributed by atoms with Crippen molar-refractivity contribution < 1.29 is 40.6 Å². The summed E-state index contributed by atoms with van der Waals surface area (Å²) in [5, 5.41) is 10.8. The van der Waals surface area contributed by atoms with Crippen molar-refractivity contribution in [1.82, 2.24) is 5.32 Å². The molecule has 24 heavy (non-hydrogen) atoms. The van der Waals surface area contributed by atoms with Crippen LogP contribution in [0.25, 0.3) is 0 Å². The molecule has 0 aromatic heterocycles. The van der Waals surface area contributed by atoms with Crippen molar-refractivity contribution >= 4 is 5.97 Å². The van der Waals surface area contributed by atoms with Gasteiger partial charge in [0, 0.05) is 6.54 Å². The Labute approximate surface area is 132 Å². The highest BCUT2D eigenvalue weighted by Crippen LogP contribution is 2.33. The maximum Gasteiger partial charge on any atom is 0.416 e. The summed E-state index contributed by atoms with van der Waals surface area (Å²) < 4.78 is 89.2. The zero-order valence-corrected chi connectivity index (χ0v) is 12.1. The number of rotatable bonds is 7. The predicted octanol–water partition coefficient (Wildman–Crippen LogP) is 3.98. The van der Waals surface area contributed by atoms with Crippen LogP contribution in [0.4, 0.5) is 30.7 Å². The Balaban J connectivity index is 2.67. The van der Waals surface area contributed by atoms with Crippen LogP contribution in [0.3, 0.4) is 0 Å². The SMILES string of the molecule is O=C(O)CC(CCNCc1cc(F)ccc1C(F)(F)F)C(F)(F)F. The molecule has 0 radical (unpaired) electrons. The topological polar surface area (TPSA) is 49.3 Å². The Hall–Kier alpha value is -1.84. The minimum absolute atomic E-state index is 0.370. The molecule has 0 saturated carbocycles. The Morgan fingerprint density at radius 3 is 2.29 bits per heavy atom. The second-order valence-corrected chi connectivity index (χ2v) is 5.10. The first-order valence-electron chi connectivity index (χ1n) is 6.76. The minimum atomic E-state index is -4.73. The van der Waals surface area contributed by atoms with Crippen molar-refractivity contribution in [3.8, 4) is 0 Å². The standard InChI is InChI=1S/C14H14F7NO2/c15-10-1-2-11(14(19,20)21)8(5-10)7-22-4-3-9(6-12(23)24)13(16,17)18/h1-2,5,9,22H,3-4,6-7H2,(H,23,24). The number of hydrogen-bond donors (Lipinski definition) is 2. The molecule has 0 aliphatic rings. The molecular formula is C14H14F7NO2. The van der Waals surface area contributed by atoms with Gasteiger partial charge in [-0.2, -0.15) is 26.3 Å². The van der Waals surface area contributed by atoms with E-state index in [4.69, 9.17) is 5.11 Å². The summed E-state index contributed by atoms with van der Waals surface area (Å²) in [7, 11) is 0. The lowest BCUT2D eigenvalue weighted by Gasteiger charge is -2.19. The van der Waals surface area contributed by atoms with E-state index in [1.165, 1.54) is 0 Å². The molecule has 0 saturated heterocycles. The molecule has 0 bridgehead atoms. The molecule has 2 N–H and O–H groups in total.